The fraction of sp³-hybridized carbons (Fsp3) is 0.136. The predicted molar refractivity (Wildman–Crippen MR) is 121 cm³/mol. The van der Waals surface area contributed by atoms with Crippen LogP contribution in [0.4, 0.5) is 0 Å². The summed E-state index contributed by atoms with van der Waals surface area (Å²) >= 11 is 3.16. The molecule has 0 fully saturated rings. The Kier molecular flexibility index (Phi) is 5.48. The van der Waals surface area contributed by atoms with Crippen molar-refractivity contribution in [1.82, 2.24) is 4.57 Å². The summed E-state index contributed by atoms with van der Waals surface area (Å²) in [5.41, 5.74) is 2.80. The first-order valence-electron chi connectivity index (χ1n) is 9.11. The van der Waals surface area contributed by atoms with Crippen molar-refractivity contribution in [2.75, 3.05) is 6.26 Å². The predicted octanol–water partition coefficient (Wildman–Crippen LogP) is 5.32. The summed E-state index contributed by atoms with van der Waals surface area (Å²) in [6, 6.07) is 16.8. The first-order valence-corrected chi connectivity index (χ1v) is 12.7. The van der Waals surface area contributed by atoms with Gasteiger partial charge in [0.05, 0.1) is 10.4 Å². The third kappa shape index (κ3) is 3.90. The number of fused-ring (bicyclic) bond motifs is 1. The normalized spacial score (nSPS) is 11.8. The maximum atomic E-state index is 11.7. The number of hydrogen-bond donors (Lipinski definition) is 1. The van der Waals surface area contributed by atoms with Gasteiger partial charge in [-0.25, -0.2) is 8.42 Å². The molecule has 2 heterocycles. The molecule has 1 N–H and O–H groups in total. The minimum Gasteiger partial charge on any atom is -0.480 e. The van der Waals surface area contributed by atoms with E-state index in [2.05, 4.69) is 12.1 Å². The summed E-state index contributed by atoms with van der Waals surface area (Å²) in [6.07, 6.45) is 1.19. The smallest absolute Gasteiger partial charge is 0.323 e. The molecule has 0 amide bonds. The maximum Gasteiger partial charge on any atom is 0.323 e. The largest absolute Gasteiger partial charge is 0.480 e. The summed E-state index contributed by atoms with van der Waals surface area (Å²) in [5.74, 6) is -0.898. The van der Waals surface area contributed by atoms with Crippen LogP contribution >= 0.6 is 23.1 Å². The van der Waals surface area contributed by atoms with Crippen LogP contribution in [0.25, 0.3) is 21.3 Å². The Hall–Kier alpha value is -2.55. The van der Waals surface area contributed by atoms with Gasteiger partial charge >= 0.3 is 5.97 Å². The van der Waals surface area contributed by atoms with Gasteiger partial charge in [-0.05, 0) is 48.7 Å². The Bertz CT molecular complexity index is 1340. The molecule has 0 radical (unpaired) electrons. The van der Waals surface area contributed by atoms with Crippen LogP contribution in [0.5, 0.6) is 0 Å². The van der Waals surface area contributed by atoms with Gasteiger partial charge in [0.25, 0.3) is 0 Å². The van der Waals surface area contributed by atoms with Crippen LogP contribution in [0.1, 0.15) is 5.69 Å². The molecular formula is C22H19NO4S3. The van der Waals surface area contributed by atoms with Gasteiger partial charge in [-0.1, -0.05) is 30.0 Å². The van der Waals surface area contributed by atoms with Crippen LogP contribution in [0.2, 0.25) is 0 Å². The van der Waals surface area contributed by atoms with Crippen molar-refractivity contribution in [3.63, 3.8) is 0 Å². The fourth-order valence-corrected chi connectivity index (χ4v) is 5.93. The van der Waals surface area contributed by atoms with Crippen molar-refractivity contribution in [3.05, 3.63) is 65.7 Å². The van der Waals surface area contributed by atoms with Crippen molar-refractivity contribution in [2.24, 2.45) is 0 Å². The number of carboxylic acid groups (broad SMARTS) is 1. The van der Waals surface area contributed by atoms with Gasteiger partial charge in [0, 0.05) is 37.6 Å². The van der Waals surface area contributed by atoms with Crippen LogP contribution in [-0.4, -0.2) is 30.3 Å². The van der Waals surface area contributed by atoms with Crippen LogP contribution in [0, 0.1) is 6.92 Å². The van der Waals surface area contributed by atoms with Gasteiger partial charge in [-0.2, -0.15) is 0 Å². The molecule has 0 saturated carbocycles. The lowest BCUT2D eigenvalue weighted by molar-refractivity contribution is -0.137. The Labute approximate surface area is 182 Å². The van der Waals surface area contributed by atoms with Crippen LogP contribution in [0.15, 0.2) is 74.7 Å². The molecule has 4 aromatic rings. The molecule has 0 saturated heterocycles. The minimum absolute atomic E-state index is 0.121. The van der Waals surface area contributed by atoms with E-state index >= 15 is 0 Å². The van der Waals surface area contributed by atoms with E-state index in [0.717, 1.165) is 36.8 Å². The van der Waals surface area contributed by atoms with Crippen molar-refractivity contribution in [1.29, 1.82) is 0 Å². The number of thiophene rings is 1. The molecule has 0 unspecified atom stereocenters. The SMILES string of the molecule is Cc1c(Sc2ccc(S(C)(=O)=O)cc2)c2c(-c3cccs3)cccc2n1CC(=O)O. The third-order valence-electron chi connectivity index (χ3n) is 4.85. The van der Waals surface area contributed by atoms with Crippen LogP contribution < -0.4 is 0 Å². The highest BCUT2D eigenvalue weighted by Gasteiger charge is 2.20. The average molecular weight is 458 g/mol. The van der Waals surface area contributed by atoms with E-state index < -0.39 is 15.8 Å². The van der Waals surface area contributed by atoms with Crippen molar-refractivity contribution < 1.29 is 18.3 Å². The number of nitrogens with zero attached hydrogens (tertiary/aromatic N) is 1. The number of carbonyl (C=O) groups is 1. The Morgan fingerprint density at radius 3 is 2.43 bits per heavy atom. The lowest BCUT2D eigenvalue weighted by Gasteiger charge is -2.07. The number of aliphatic carboxylic acids is 1. The quantitative estimate of drug-likeness (QED) is 0.424. The standard InChI is InChI=1S/C22H19NO4S3/c1-14-22(29-15-8-10-16(11-9-15)30(2,26)27)21-17(19-7-4-12-28-19)5-3-6-18(21)23(14)13-20(24)25/h3-12H,13H2,1-2H3,(H,24,25). The lowest BCUT2D eigenvalue weighted by Crippen LogP contribution is -2.09. The Morgan fingerprint density at radius 2 is 1.83 bits per heavy atom. The molecule has 0 spiro atoms. The van der Waals surface area contributed by atoms with E-state index in [0.29, 0.717) is 0 Å². The topological polar surface area (TPSA) is 76.4 Å². The molecule has 0 aliphatic rings. The van der Waals surface area contributed by atoms with Gasteiger partial charge in [0.2, 0.25) is 0 Å². The lowest BCUT2D eigenvalue weighted by atomic mass is 10.1. The van der Waals surface area contributed by atoms with Gasteiger partial charge < -0.3 is 9.67 Å². The molecular weight excluding hydrogens is 438 g/mol. The highest BCUT2D eigenvalue weighted by Crippen LogP contribution is 2.43. The molecule has 2 aromatic carbocycles. The minimum atomic E-state index is -3.26. The second-order valence-corrected chi connectivity index (χ2v) is 11.0. The molecule has 0 aliphatic heterocycles. The summed E-state index contributed by atoms with van der Waals surface area (Å²) in [7, 11) is -3.26. The molecule has 154 valence electrons. The number of rotatable bonds is 6. The second kappa shape index (κ2) is 7.94. The number of benzene rings is 2. The first-order chi connectivity index (χ1) is 14.3. The monoisotopic (exact) mass is 457 g/mol. The molecule has 30 heavy (non-hydrogen) atoms. The Balaban J connectivity index is 1.90. The number of aromatic nitrogens is 1. The highest BCUT2D eigenvalue weighted by atomic mass is 32.2. The van der Waals surface area contributed by atoms with Crippen molar-refractivity contribution >= 4 is 49.8 Å². The molecule has 4 rings (SSSR count). The summed E-state index contributed by atoms with van der Waals surface area (Å²) in [5, 5.41) is 12.5. The Morgan fingerprint density at radius 1 is 1.10 bits per heavy atom. The first kappa shape index (κ1) is 20.7. The van der Waals surface area contributed by atoms with E-state index in [-0.39, 0.29) is 11.4 Å². The van der Waals surface area contributed by atoms with Crippen LogP contribution in [-0.2, 0) is 21.2 Å². The van der Waals surface area contributed by atoms with Crippen molar-refractivity contribution in [3.8, 4) is 10.4 Å². The zero-order valence-corrected chi connectivity index (χ0v) is 18.8. The van der Waals surface area contributed by atoms with Gasteiger partial charge in [0.1, 0.15) is 6.54 Å². The molecule has 2 aromatic heterocycles. The van der Waals surface area contributed by atoms with Crippen molar-refractivity contribution in [2.45, 2.75) is 28.2 Å². The molecule has 0 bridgehead atoms. The zero-order valence-electron chi connectivity index (χ0n) is 16.3. The van der Waals surface area contributed by atoms with Gasteiger partial charge in [-0.3, -0.25) is 4.79 Å². The highest BCUT2D eigenvalue weighted by molar-refractivity contribution is 7.99. The van der Waals surface area contributed by atoms with E-state index in [4.69, 9.17) is 0 Å². The van der Waals surface area contributed by atoms with Gasteiger partial charge in [0.15, 0.2) is 9.84 Å². The summed E-state index contributed by atoms with van der Waals surface area (Å²) in [6.45, 7) is 1.80. The number of sulfone groups is 1. The third-order valence-corrected chi connectivity index (χ3v) is 8.09. The fourth-order valence-electron chi connectivity index (χ4n) is 3.46. The van der Waals surface area contributed by atoms with Gasteiger partial charge in [-0.15, -0.1) is 11.3 Å². The average Bonchev–Trinajstić information content (AvgIpc) is 3.31. The zero-order chi connectivity index (χ0) is 21.5. The molecule has 0 aliphatic carbocycles. The number of hydrogen-bond acceptors (Lipinski definition) is 5. The number of carboxylic acids is 1. The second-order valence-electron chi connectivity index (χ2n) is 6.92. The molecule has 8 heteroatoms. The van der Waals surface area contributed by atoms with E-state index in [1.54, 1.807) is 35.6 Å². The summed E-state index contributed by atoms with van der Waals surface area (Å²) in [4.78, 5) is 14.7. The van der Waals surface area contributed by atoms with E-state index in [1.807, 2.05) is 35.1 Å². The maximum absolute atomic E-state index is 11.7. The molecule has 5 nitrogen and oxygen atoms in total. The van der Waals surface area contributed by atoms with Crippen LogP contribution in [0.3, 0.4) is 0 Å². The van der Waals surface area contributed by atoms with E-state index in [9.17, 15) is 18.3 Å². The van der Waals surface area contributed by atoms with E-state index in [1.165, 1.54) is 18.0 Å². The molecule has 0 atom stereocenters. The summed E-state index contributed by atoms with van der Waals surface area (Å²) < 4.78 is 25.3.